The van der Waals surface area contributed by atoms with Gasteiger partial charge in [0.15, 0.2) is 0 Å². The molecular weight excluding hydrogens is 373 g/mol. The number of benzene rings is 2. The van der Waals surface area contributed by atoms with Gasteiger partial charge < -0.3 is 14.8 Å². The minimum atomic E-state index is -0.263. The molecule has 0 radical (unpaired) electrons. The summed E-state index contributed by atoms with van der Waals surface area (Å²) in [4.78, 5) is 17.1. The van der Waals surface area contributed by atoms with Crippen LogP contribution >= 0.6 is 0 Å². The number of para-hydroxylation sites is 2. The molecule has 2 aromatic carbocycles. The molecule has 1 aliphatic rings. The Labute approximate surface area is 171 Å². The van der Waals surface area contributed by atoms with Crippen LogP contribution in [0.3, 0.4) is 0 Å². The summed E-state index contributed by atoms with van der Waals surface area (Å²) in [5.74, 6) is 1.01. The van der Waals surface area contributed by atoms with Crippen molar-refractivity contribution >= 4 is 11.6 Å². The number of hydrogen-bond acceptors (Lipinski definition) is 5. The van der Waals surface area contributed by atoms with Gasteiger partial charge in [0, 0.05) is 38.3 Å². The molecule has 1 N–H and O–H groups in total. The number of nitrogens with zero attached hydrogens (tertiary/aromatic N) is 2. The summed E-state index contributed by atoms with van der Waals surface area (Å²) >= 11 is 0. The zero-order chi connectivity index (χ0) is 20.8. The number of carbonyl (C=O) groups excluding carboxylic acids is 1. The summed E-state index contributed by atoms with van der Waals surface area (Å²) in [6.07, 6.45) is 0. The highest BCUT2D eigenvalue weighted by atomic mass is 19.1. The molecule has 1 amide bonds. The first kappa shape index (κ1) is 21.1. The second-order valence-corrected chi connectivity index (χ2v) is 7.13. The number of anilines is 1. The van der Waals surface area contributed by atoms with E-state index in [4.69, 9.17) is 9.47 Å². The first-order valence-electron chi connectivity index (χ1n) is 9.74. The molecule has 1 aliphatic heterocycles. The van der Waals surface area contributed by atoms with E-state index in [0.29, 0.717) is 23.7 Å². The second kappa shape index (κ2) is 9.71. The van der Waals surface area contributed by atoms with Crippen molar-refractivity contribution in [2.75, 3.05) is 45.7 Å². The van der Waals surface area contributed by atoms with E-state index >= 15 is 0 Å². The molecule has 0 aromatic heterocycles. The van der Waals surface area contributed by atoms with E-state index in [1.165, 1.54) is 12.1 Å². The molecule has 29 heavy (non-hydrogen) atoms. The topological polar surface area (TPSA) is 54.0 Å². The van der Waals surface area contributed by atoms with Crippen molar-refractivity contribution in [3.05, 3.63) is 53.8 Å². The van der Waals surface area contributed by atoms with Crippen LogP contribution in [-0.2, 0) is 11.3 Å². The molecule has 1 heterocycles. The van der Waals surface area contributed by atoms with Crippen molar-refractivity contribution < 1.29 is 18.7 Å². The normalized spacial score (nSPS) is 16.3. The van der Waals surface area contributed by atoms with Crippen molar-refractivity contribution in [1.29, 1.82) is 0 Å². The number of methoxy groups -OCH3 is 2. The Bertz CT molecular complexity index is 838. The van der Waals surface area contributed by atoms with Gasteiger partial charge in [-0.3, -0.25) is 14.6 Å². The number of amides is 1. The van der Waals surface area contributed by atoms with Crippen LogP contribution in [0.2, 0.25) is 0 Å². The third-order valence-corrected chi connectivity index (χ3v) is 5.34. The summed E-state index contributed by atoms with van der Waals surface area (Å²) in [5, 5.41) is 2.95. The molecule has 1 saturated heterocycles. The molecule has 7 heteroatoms. The highest BCUT2D eigenvalue weighted by Gasteiger charge is 2.26. The van der Waals surface area contributed by atoms with Crippen molar-refractivity contribution in [2.24, 2.45) is 0 Å². The summed E-state index contributed by atoms with van der Waals surface area (Å²) < 4.78 is 24.2. The standard InChI is InChI=1S/C22H28FN3O3/c1-16(22(27)24-19-6-4-5-7-21(19)29-3)26-12-10-25(11-13-26)15-17-14-18(23)8-9-20(17)28-2/h4-9,14,16H,10-13,15H2,1-3H3,(H,24,27)/t16-/m0/s1. The fourth-order valence-electron chi connectivity index (χ4n) is 3.57. The highest BCUT2D eigenvalue weighted by Crippen LogP contribution is 2.24. The SMILES string of the molecule is COc1ccc(F)cc1CN1CCN([C@@H](C)C(=O)Nc2ccccc2OC)CC1. The molecule has 0 saturated carbocycles. The van der Waals surface area contributed by atoms with Crippen LogP contribution in [0.15, 0.2) is 42.5 Å². The lowest BCUT2D eigenvalue weighted by Gasteiger charge is -2.37. The number of piperazine rings is 1. The van der Waals surface area contributed by atoms with Gasteiger partial charge >= 0.3 is 0 Å². The van der Waals surface area contributed by atoms with Crippen LogP contribution in [0.1, 0.15) is 12.5 Å². The lowest BCUT2D eigenvalue weighted by molar-refractivity contribution is -0.121. The smallest absolute Gasteiger partial charge is 0.241 e. The number of halogens is 1. The highest BCUT2D eigenvalue weighted by molar-refractivity contribution is 5.95. The molecule has 2 aromatic rings. The van der Waals surface area contributed by atoms with E-state index < -0.39 is 0 Å². The number of carbonyl (C=O) groups is 1. The summed E-state index contributed by atoms with van der Waals surface area (Å²) in [6, 6.07) is 11.7. The number of hydrogen-bond donors (Lipinski definition) is 1. The van der Waals surface area contributed by atoms with Gasteiger partial charge in [-0.15, -0.1) is 0 Å². The maximum Gasteiger partial charge on any atom is 0.241 e. The predicted molar refractivity (Wildman–Crippen MR) is 111 cm³/mol. The third kappa shape index (κ3) is 5.25. The lowest BCUT2D eigenvalue weighted by Crippen LogP contribution is -2.52. The number of ether oxygens (including phenoxy) is 2. The third-order valence-electron chi connectivity index (χ3n) is 5.34. The molecule has 3 rings (SSSR count). The molecule has 1 atom stereocenters. The van der Waals surface area contributed by atoms with E-state index in [-0.39, 0.29) is 17.8 Å². The average molecular weight is 401 g/mol. The minimum Gasteiger partial charge on any atom is -0.496 e. The molecule has 6 nitrogen and oxygen atoms in total. The summed E-state index contributed by atoms with van der Waals surface area (Å²) in [5.41, 5.74) is 1.51. The fourth-order valence-corrected chi connectivity index (χ4v) is 3.57. The van der Waals surface area contributed by atoms with Gasteiger partial charge in [-0.2, -0.15) is 0 Å². The van der Waals surface area contributed by atoms with E-state index in [1.807, 2.05) is 31.2 Å². The Morgan fingerprint density at radius 3 is 2.45 bits per heavy atom. The predicted octanol–water partition coefficient (Wildman–Crippen LogP) is 2.99. The summed E-state index contributed by atoms with van der Waals surface area (Å²) in [7, 11) is 3.18. The van der Waals surface area contributed by atoms with E-state index in [1.54, 1.807) is 20.3 Å². The number of nitrogens with one attached hydrogen (secondary N) is 1. The monoisotopic (exact) mass is 401 g/mol. The zero-order valence-corrected chi connectivity index (χ0v) is 17.2. The van der Waals surface area contributed by atoms with Gasteiger partial charge in [-0.25, -0.2) is 4.39 Å². The lowest BCUT2D eigenvalue weighted by atomic mass is 10.1. The van der Waals surface area contributed by atoms with Gasteiger partial charge in [-0.1, -0.05) is 12.1 Å². The maximum absolute atomic E-state index is 13.6. The minimum absolute atomic E-state index is 0.0604. The van der Waals surface area contributed by atoms with E-state index in [0.717, 1.165) is 31.7 Å². The zero-order valence-electron chi connectivity index (χ0n) is 17.2. The maximum atomic E-state index is 13.6. The molecule has 1 fully saturated rings. The Kier molecular flexibility index (Phi) is 7.06. The molecule has 0 bridgehead atoms. The molecule has 0 spiro atoms. The first-order chi connectivity index (χ1) is 14.0. The van der Waals surface area contributed by atoms with Crippen LogP contribution in [0.25, 0.3) is 0 Å². The summed E-state index contributed by atoms with van der Waals surface area (Å²) in [6.45, 7) is 5.65. The Balaban J connectivity index is 1.55. The van der Waals surface area contributed by atoms with E-state index in [9.17, 15) is 9.18 Å². The van der Waals surface area contributed by atoms with Gasteiger partial charge in [0.1, 0.15) is 17.3 Å². The van der Waals surface area contributed by atoms with Crippen LogP contribution < -0.4 is 14.8 Å². The van der Waals surface area contributed by atoms with E-state index in [2.05, 4.69) is 15.1 Å². The van der Waals surface area contributed by atoms with Gasteiger partial charge in [0.25, 0.3) is 0 Å². The van der Waals surface area contributed by atoms with Crippen molar-refractivity contribution in [3.63, 3.8) is 0 Å². The van der Waals surface area contributed by atoms with Crippen LogP contribution in [-0.4, -0.2) is 62.1 Å². The Morgan fingerprint density at radius 2 is 1.76 bits per heavy atom. The van der Waals surface area contributed by atoms with Crippen LogP contribution in [0.5, 0.6) is 11.5 Å². The van der Waals surface area contributed by atoms with Crippen LogP contribution in [0.4, 0.5) is 10.1 Å². The second-order valence-electron chi connectivity index (χ2n) is 7.13. The molecule has 156 valence electrons. The molecule has 0 unspecified atom stereocenters. The number of rotatable bonds is 7. The first-order valence-corrected chi connectivity index (χ1v) is 9.74. The van der Waals surface area contributed by atoms with Crippen molar-refractivity contribution in [3.8, 4) is 11.5 Å². The van der Waals surface area contributed by atoms with Crippen LogP contribution in [0, 0.1) is 5.82 Å². The molecular formula is C22H28FN3O3. The van der Waals surface area contributed by atoms with Gasteiger partial charge in [-0.05, 0) is 37.3 Å². The van der Waals surface area contributed by atoms with Gasteiger partial charge in [0.05, 0.1) is 25.9 Å². The van der Waals surface area contributed by atoms with Gasteiger partial charge in [0.2, 0.25) is 5.91 Å². The quantitative estimate of drug-likeness (QED) is 0.773. The largest absolute Gasteiger partial charge is 0.496 e. The Morgan fingerprint density at radius 1 is 1.07 bits per heavy atom. The Hall–Kier alpha value is -2.64. The fraction of sp³-hybridized carbons (Fsp3) is 0.409. The molecule has 0 aliphatic carbocycles. The van der Waals surface area contributed by atoms with Crippen molar-refractivity contribution in [2.45, 2.75) is 19.5 Å². The average Bonchev–Trinajstić information content (AvgIpc) is 2.74. The van der Waals surface area contributed by atoms with Crippen molar-refractivity contribution in [1.82, 2.24) is 9.80 Å².